The van der Waals surface area contributed by atoms with Crippen molar-refractivity contribution in [2.45, 2.75) is 23.3 Å². The van der Waals surface area contributed by atoms with Crippen molar-refractivity contribution in [2.75, 3.05) is 38.4 Å². The Bertz CT molecular complexity index is 551. The summed E-state index contributed by atoms with van der Waals surface area (Å²) < 4.78 is 28.8. The van der Waals surface area contributed by atoms with Crippen LogP contribution in [0.15, 0.2) is 29.2 Å². The van der Waals surface area contributed by atoms with E-state index in [1.165, 1.54) is 6.26 Å². The van der Waals surface area contributed by atoms with Crippen molar-refractivity contribution in [3.05, 3.63) is 24.3 Å². The van der Waals surface area contributed by atoms with Crippen LogP contribution in [0, 0.1) is 0 Å². The number of anilines is 1. The lowest BCUT2D eigenvalue weighted by atomic mass is 9.98. The molecule has 112 valence electrons. The summed E-state index contributed by atoms with van der Waals surface area (Å²) in [6.07, 6.45) is 3.36. The molecule has 1 aliphatic heterocycles. The maximum atomic E-state index is 11.8. The molecule has 0 aromatic heterocycles. The molecule has 0 amide bonds. The Morgan fingerprint density at radius 1 is 1.40 bits per heavy atom. The first kappa shape index (κ1) is 15.3. The molecular formula is C14H22N2O3S. The van der Waals surface area contributed by atoms with Crippen molar-refractivity contribution >= 4 is 15.5 Å². The summed E-state index contributed by atoms with van der Waals surface area (Å²) >= 11 is 0. The lowest BCUT2D eigenvalue weighted by molar-refractivity contribution is 0.127. The molecule has 0 bridgehead atoms. The van der Waals surface area contributed by atoms with Crippen molar-refractivity contribution in [3.8, 4) is 0 Å². The Morgan fingerprint density at radius 3 is 2.75 bits per heavy atom. The van der Waals surface area contributed by atoms with E-state index in [1.807, 2.05) is 6.07 Å². The molecule has 1 fully saturated rings. The molecule has 20 heavy (non-hydrogen) atoms. The van der Waals surface area contributed by atoms with Crippen LogP contribution < -0.4 is 10.6 Å². The monoisotopic (exact) mass is 298 g/mol. The maximum Gasteiger partial charge on any atom is 0.177 e. The lowest BCUT2D eigenvalue weighted by Crippen LogP contribution is -2.49. The van der Waals surface area contributed by atoms with Crippen LogP contribution in [0.4, 0.5) is 5.69 Å². The highest BCUT2D eigenvalue weighted by molar-refractivity contribution is 7.90. The zero-order valence-corrected chi connectivity index (χ0v) is 12.8. The van der Waals surface area contributed by atoms with Gasteiger partial charge in [-0.25, -0.2) is 8.42 Å². The molecule has 0 spiro atoms. The average molecular weight is 298 g/mol. The van der Waals surface area contributed by atoms with E-state index in [-0.39, 0.29) is 5.54 Å². The predicted molar refractivity (Wildman–Crippen MR) is 79.9 cm³/mol. The molecule has 2 N–H and O–H groups in total. The maximum absolute atomic E-state index is 11.8. The quantitative estimate of drug-likeness (QED) is 0.828. The number of para-hydroxylation sites is 1. The Hall–Kier alpha value is -1.11. The zero-order valence-electron chi connectivity index (χ0n) is 12.0. The first-order valence-corrected chi connectivity index (χ1v) is 8.63. The molecule has 0 radical (unpaired) electrons. The minimum Gasteiger partial charge on any atom is -0.383 e. The Morgan fingerprint density at radius 2 is 2.15 bits per heavy atom. The van der Waals surface area contributed by atoms with Crippen molar-refractivity contribution in [2.24, 2.45) is 0 Å². The van der Waals surface area contributed by atoms with Gasteiger partial charge in [0.2, 0.25) is 0 Å². The first-order chi connectivity index (χ1) is 9.47. The third-order valence-corrected chi connectivity index (χ3v) is 4.81. The van der Waals surface area contributed by atoms with Gasteiger partial charge < -0.3 is 15.4 Å². The van der Waals surface area contributed by atoms with Crippen LogP contribution in [-0.2, 0) is 14.6 Å². The number of rotatable bonds is 6. The van der Waals surface area contributed by atoms with E-state index < -0.39 is 9.84 Å². The molecule has 1 aromatic carbocycles. The highest BCUT2D eigenvalue weighted by Crippen LogP contribution is 2.24. The second-order valence-electron chi connectivity index (χ2n) is 5.37. The second-order valence-corrected chi connectivity index (χ2v) is 7.35. The number of methoxy groups -OCH3 is 1. The van der Waals surface area contributed by atoms with Gasteiger partial charge in [0.05, 0.1) is 22.7 Å². The van der Waals surface area contributed by atoms with Crippen molar-refractivity contribution in [1.29, 1.82) is 0 Å². The number of benzene rings is 1. The number of hydrogen-bond donors (Lipinski definition) is 2. The summed E-state index contributed by atoms with van der Waals surface area (Å²) in [5.41, 5.74) is 0.540. The van der Waals surface area contributed by atoms with Crippen LogP contribution in [0.3, 0.4) is 0 Å². The van der Waals surface area contributed by atoms with Crippen LogP contribution in [0.1, 0.15) is 12.8 Å². The third-order valence-electron chi connectivity index (χ3n) is 3.66. The lowest BCUT2D eigenvalue weighted by Gasteiger charge is -2.29. The molecule has 1 aliphatic rings. The van der Waals surface area contributed by atoms with Crippen molar-refractivity contribution in [1.82, 2.24) is 5.32 Å². The van der Waals surface area contributed by atoms with Gasteiger partial charge in [0.25, 0.3) is 0 Å². The molecule has 1 heterocycles. The molecule has 0 saturated carbocycles. The van der Waals surface area contributed by atoms with Gasteiger partial charge in [-0.05, 0) is 31.5 Å². The summed E-state index contributed by atoms with van der Waals surface area (Å²) in [6.45, 7) is 2.23. The van der Waals surface area contributed by atoms with Gasteiger partial charge in [-0.15, -0.1) is 0 Å². The zero-order chi connectivity index (χ0) is 14.6. The molecule has 1 atom stereocenters. The van der Waals surface area contributed by atoms with Gasteiger partial charge in [-0.1, -0.05) is 12.1 Å². The van der Waals surface area contributed by atoms with Gasteiger partial charge in [0, 0.05) is 19.9 Å². The summed E-state index contributed by atoms with van der Waals surface area (Å²) in [5.74, 6) is 0. The molecule has 0 aliphatic carbocycles. The SMILES string of the molecule is COCC1(CNc2ccccc2S(C)(=O)=O)CCCN1. The Kier molecular flexibility index (Phi) is 4.67. The van der Waals surface area contributed by atoms with Gasteiger partial charge in [-0.3, -0.25) is 0 Å². The normalized spacial score (nSPS) is 22.9. The average Bonchev–Trinajstić information content (AvgIpc) is 2.85. The first-order valence-electron chi connectivity index (χ1n) is 6.74. The fourth-order valence-electron chi connectivity index (χ4n) is 2.67. The Labute approximate surface area is 120 Å². The summed E-state index contributed by atoms with van der Waals surface area (Å²) in [7, 11) is -1.54. The molecule has 1 unspecified atom stereocenters. The van der Waals surface area contributed by atoms with Gasteiger partial charge in [0.1, 0.15) is 0 Å². The fraction of sp³-hybridized carbons (Fsp3) is 0.571. The second kappa shape index (κ2) is 6.11. The molecule has 5 nitrogen and oxygen atoms in total. The summed E-state index contributed by atoms with van der Waals surface area (Å²) in [5, 5.41) is 6.73. The molecular weight excluding hydrogens is 276 g/mol. The highest BCUT2D eigenvalue weighted by atomic mass is 32.2. The molecule has 1 saturated heterocycles. The van der Waals surface area contributed by atoms with E-state index in [0.29, 0.717) is 23.7 Å². The molecule has 1 aromatic rings. The fourth-order valence-corrected chi connectivity index (χ4v) is 3.54. The van der Waals surface area contributed by atoms with Gasteiger partial charge >= 0.3 is 0 Å². The van der Waals surface area contributed by atoms with Crippen LogP contribution >= 0.6 is 0 Å². The van der Waals surface area contributed by atoms with E-state index in [1.54, 1.807) is 25.3 Å². The van der Waals surface area contributed by atoms with E-state index in [4.69, 9.17) is 4.74 Å². The summed E-state index contributed by atoms with van der Waals surface area (Å²) in [6, 6.07) is 7.00. The molecule has 2 rings (SSSR count). The van der Waals surface area contributed by atoms with Crippen LogP contribution in [-0.4, -0.2) is 47.0 Å². The van der Waals surface area contributed by atoms with E-state index in [9.17, 15) is 8.42 Å². The van der Waals surface area contributed by atoms with Gasteiger partial charge in [0.15, 0.2) is 9.84 Å². The predicted octanol–water partition coefficient (Wildman–Crippen LogP) is 1.27. The topological polar surface area (TPSA) is 67.4 Å². The van der Waals surface area contributed by atoms with Gasteiger partial charge in [-0.2, -0.15) is 0 Å². The van der Waals surface area contributed by atoms with E-state index in [2.05, 4.69) is 10.6 Å². The highest BCUT2D eigenvalue weighted by Gasteiger charge is 2.33. The number of ether oxygens (including phenoxy) is 1. The van der Waals surface area contributed by atoms with Crippen molar-refractivity contribution in [3.63, 3.8) is 0 Å². The van der Waals surface area contributed by atoms with Crippen LogP contribution in [0.2, 0.25) is 0 Å². The summed E-state index contributed by atoms with van der Waals surface area (Å²) in [4.78, 5) is 0.338. The molecule has 6 heteroatoms. The Balaban J connectivity index is 2.15. The third kappa shape index (κ3) is 3.50. The van der Waals surface area contributed by atoms with Crippen LogP contribution in [0.5, 0.6) is 0 Å². The van der Waals surface area contributed by atoms with E-state index in [0.717, 1.165) is 19.4 Å². The van der Waals surface area contributed by atoms with Crippen LogP contribution in [0.25, 0.3) is 0 Å². The smallest absolute Gasteiger partial charge is 0.177 e. The van der Waals surface area contributed by atoms with Crippen molar-refractivity contribution < 1.29 is 13.2 Å². The minimum atomic E-state index is -3.23. The van der Waals surface area contributed by atoms with E-state index >= 15 is 0 Å². The number of hydrogen-bond acceptors (Lipinski definition) is 5. The number of nitrogens with one attached hydrogen (secondary N) is 2. The largest absolute Gasteiger partial charge is 0.383 e. The number of sulfone groups is 1. The standard InChI is InChI=1S/C14H22N2O3S/c1-19-11-14(8-5-9-16-14)10-15-12-6-3-4-7-13(12)20(2,17)18/h3-4,6-7,15-16H,5,8-11H2,1-2H3. The minimum absolute atomic E-state index is 0.112.